The maximum absolute atomic E-state index is 12.1. The number of hydrogen-bond acceptors (Lipinski definition) is 21. The van der Waals surface area contributed by atoms with Crippen molar-refractivity contribution in [2.45, 2.75) is 19.6 Å². The molecular formula is C27H15ClN8Na4O13S4. The van der Waals surface area contributed by atoms with Gasteiger partial charge in [-0.3, -0.25) is 0 Å². The summed E-state index contributed by atoms with van der Waals surface area (Å²) in [4.78, 5) is 24.1. The Kier molecular flexibility index (Phi) is 19.7. The molecule has 0 aliphatic rings. The van der Waals surface area contributed by atoms with Crippen molar-refractivity contribution in [1.82, 2.24) is 15.0 Å². The molecule has 1 heterocycles. The van der Waals surface area contributed by atoms with Crippen LogP contribution >= 0.6 is 11.6 Å². The van der Waals surface area contributed by atoms with Crippen molar-refractivity contribution in [2.24, 2.45) is 15.2 Å². The number of hydrogen-bond donors (Lipinski definition) is 1. The second-order valence-corrected chi connectivity index (χ2v) is 16.1. The molecule has 30 heteroatoms. The zero-order valence-corrected chi connectivity index (χ0v) is 41.8. The quantitative estimate of drug-likeness (QED) is 0.0423. The van der Waals surface area contributed by atoms with Crippen LogP contribution in [0, 0.1) is 0 Å². The van der Waals surface area contributed by atoms with Gasteiger partial charge in [-0.1, -0.05) is 6.07 Å². The number of nitrogens with one attached hydrogen (secondary N) is 1. The SMILES string of the molecule is CN(c1cccc(S(=O)(=O)[O-])c1)c1nc(Cl)nc(Nc2ccc(N=Nc3cc4c(S(=O)(=O)[O-])cc(S(=O)(=O)[O-])cc4cc3S(=O)(=O)[O-])c(N=C=O)c2)n1.[Na+].[Na+].[Na+].[Na+]. The largest absolute Gasteiger partial charge is 1.00 e. The Labute approximate surface area is 417 Å². The van der Waals surface area contributed by atoms with E-state index in [0.717, 1.165) is 12.1 Å². The molecule has 0 saturated carbocycles. The van der Waals surface area contributed by atoms with Crippen LogP contribution in [-0.2, 0) is 45.3 Å². The smallest absolute Gasteiger partial charge is 0.744 e. The Bertz CT molecular complexity index is 2890. The zero-order chi connectivity index (χ0) is 39.1. The topological polar surface area (TPSA) is 337 Å². The number of isocyanates is 1. The molecule has 0 saturated heterocycles. The first-order valence-corrected chi connectivity index (χ1v) is 19.7. The summed E-state index contributed by atoms with van der Waals surface area (Å²) in [5.74, 6) is -0.295. The number of aromatic nitrogens is 3. The molecular weight excluding hydrogens is 900 g/mol. The number of halogens is 1. The Balaban J connectivity index is 0.00000406. The number of nitrogens with zero attached hydrogens (tertiary/aromatic N) is 7. The van der Waals surface area contributed by atoms with Gasteiger partial charge < -0.3 is 28.4 Å². The van der Waals surface area contributed by atoms with E-state index < -0.39 is 76.5 Å². The molecule has 0 unspecified atom stereocenters. The molecule has 1 N–H and O–H groups in total. The monoisotopic (exact) mass is 914 g/mol. The van der Waals surface area contributed by atoms with Gasteiger partial charge in [-0.25, -0.2) is 38.5 Å². The molecule has 4 aromatic carbocycles. The Hall–Kier alpha value is -1.34. The fourth-order valence-corrected chi connectivity index (χ4v) is 7.14. The van der Waals surface area contributed by atoms with Crippen LogP contribution in [-0.4, -0.2) is 80.0 Å². The molecule has 0 fully saturated rings. The number of carbonyl (C=O) groups excluding carboxylic acids is 1. The summed E-state index contributed by atoms with van der Waals surface area (Å²) in [6, 6.07) is 10.6. The van der Waals surface area contributed by atoms with E-state index in [1.165, 1.54) is 48.4 Å². The number of aliphatic imine (C=N–C) groups is 1. The van der Waals surface area contributed by atoms with Gasteiger partial charge in [-0.05, 0) is 77.7 Å². The van der Waals surface area contributed by atoms with Gasteiger partial charge in [0.1, 0.15) is 57.5 Å². The van der Waals surface area contributed by atoms with Crippen LogP contribution < -0.4 is 128 Å². The van der Waals surface area contributed by atoms with Gasteiger partial charge in [0.25, 0.3) is 0 Å². The first-order valence-electron chi connectivity index (χ1n) is 13.7. The molecule has 5 aromatic rings. The fourth-order valence-electron chi connectivity index (χ4n) is 4.52. The van der Waals surface area contributed by atoms with Gasteiger partial charge in [0.05, 0.1) is 19.6 Å². The van der Waals surface area contributed by atoms with E-state index in [2.05, 4.69) is 35.5 Å². The van der Waals surface area contributed by atoms with Crippen LogP contribution in [0.1, 0.15) is 0 Å². The predicted octanol–water partition coefficient (Wildman–Crippen LogP) is -8.80. The van der Waals surface area contributed by atoms with E-state index in [9.17, 15) is 56.7 Å². The molecule has 0 amide bonds. The molecule has 0 spiro atoms. The number of benzene rings is 4. The molecule has 21 nitrogen and oxygen atoms in total. The molecule has 5 rings (SSSR count). The van der Waals surface area contributed by atoms with E-state index in [1.54, 1.807) is 0 Å². The molecule has 1 aromatic heterocycles. The maximum Gasteiger partial charge on any atom is 1.00 e. The minimum Gasteiger partial charge on any atom is -0.744 e. The van der Waals surface area contributed by atoms with Crippen LogP contribution in [0.2, 0.25) is 5.28 Å². The van der Waals surface area contributed by atoms with Crippen molar-refractivity contribution in [2.75, 3.05) is 17.3 Å². The molecule has 276 valence electrons. The number of rotatable bonds is 11. The number of fused-ring (bicyclic) bond motifs is 1. The summed E-state index contributed by atoms with van der Waals surface area (Å²) in [7, 11) is -19.7. The first-order chi connectivity index (χ1) is 24.5. The van der Waals surface area contributed by atoms with Crippen molar-refractivity contribution < 1.29 is 175 Å². The third-order valence-electron chi connectivity index (χ3n) is 6.85. The van der Waals surface area contributed by atoms with Gasteiger partial charge in [-0.2, -0.15) is 19.9 Å². The summed E-state index contributed by atoms with van der Waals surface area (Å²) >= 11 is 6.07. The van der Waals surface area contributed by atoms with E-state index in [0.29, 0.717) is 18.2 Å². The molecule has 0 aliphatic carbocycles. The standard InChI is InChI=1S/C27H19ClN8O13S4.4Na/c1-36(16-3-2-4-17(10-16)50(38,39)40)27-32-25(28)31-26(33-27)30-15-5-6-20(21(9-15)29-13-37)34-35-22-12-19-14(8-24(22)53(47,48)49)7-18(51(41,42)43)11-23(19)52(44,45)46;;;;/h2-12H,1H3,(H,38,39,40)(H,41,42,43)(H,44,45,46)(H,47,48,49)(H,30,31,32,33);;;;/q;4*+1/p-4. The molecule has 0 aliphatic heterocycles. The summed E-state index contributed by atoms with van der Waals surface area (Å²) in [6.07, 6.45) is 1.27. The Morgan fingerprint density at radius 3 is 1.86 bits per heavy atom. The Morgan fingerprint density at radius 2 is 1.28 bits per heavy atom. The summed E-state index contributed by atoms with van der Waals surface area (Å²) < 4.78 is 141. The van der Waals surface area contributed by atoms with Crippen LogP contribution in [0.3, 0.4) is 0 Å². The third kappa shape index (κ3) is 13.6. The van der Waals surface area contributed by atoms with Gasteiger partial charge in [0.2, 0.25) is 23.3 Å². The van der Waals surface area contributed by atoms with Crippen molar-refractivity contribution in [3.63, 3.8) is 0 Å². The minimum atomic E-state index is -5.50. The fraction of sp³-hybridized carbons (Fsp3) is 0.0370. The summed E-state index contributed by atoms with van der Waals surface area (Å²) in [5.41, 5.74) is -1.05. The van der Waals surface area contributed by atoms with Gasteiger partial charge in [-0.15, -0.1) is 10.2 Å². The van der Waals surface area contributed by atoms with E-state index in [4.69, 9.17) is 11.6 Å². The van der Waals surface area contributed by atoms with Crippen LogP contribution in [0.4, 0.5) is 40.3 Å². The average Bonchev–Trinajstić information content (AvgIpc) is 3.05. The van der Waals surface area contributed by atoms with Crippen molar-refractivity contribution >= 4 is 109 Å². The van der Waals surface area contributed by atoms with Crippen molar-refractivity contribution in [3.05, 3.63) is 72.0 Å². The van der Waals surface area contributed by atoms with Crippen LogP contribution in [0.25, 0.3) is 10.8 Å². The first kappa shape index (κ1) is 53.7. The average molecular weight is 915 g/mol. The van der Waals surface area contributed by atoms with Crippen molar-refractivity contribution in [3.8, 4) is 0 Å². The molecule has 57 heavy (non-hydrogen) atoms. The van der Waals surface area contributed by atoms with Gasteiger partial charge >= 0.3 is 118 Å². The van der Waals surface area contributed by atoms with Crippen LogP contribution in [0.15, 0.2) is 102 Å². The summed E-state index contributed by atoms with van der Waals surface area (Å²) in [6.45, 7) is 0. The van der Waals surface area contributed by atoms with E-state index >= 15 is 0 Å². The summed E-state index contributed by atoms with van der Waals surface area (Å²) in [5, 5.41) is 8.71. The van der Waals surface area contributed by atoms with Gasteiger partial charge in [0, 0.05) is 23.8 Å². The molecule has 0 bridgehead atoms. The maximum atomic E-state index is 12.1. The van der Waals surface area contributed by atoms with E-state index in [-0.39, 0.29) is 164 Å². The van der Waals surface area contributed by atoms with Crippen LogP contribution in [0.5, 0.6) is 0 Å². The second-order valence-electron chi connectivity index (χ2n) is 10.3. The number of anilines is 4. The third-order valence-corrected chi connectivity index (χ3v) is 10.4. The van der Waals surface area contributed by atoms with E-state index in [1.807, 2.05) is 0 Å². The van der Waals surface area contributed by atoms with Crippen molar-refractivity contribution in [1.29, 1.82) is 0 Å². The molecule has 0 atom stereocenters. The number of azo groups is 1. The zero-order valence-electron chi connectivity index (χ0n) is 29.8. The molecule has 0 radical (unpaired) electrons. The Morgan fingerprint density at radius 1 is 0.667 bits per heavy atom. The predicted molar refractivity (Wildman–Crippen MR) is 177 cm³/mol. The second kappa shape index (κ2) is 21.0. The van der Waals surface area contributed by atoms with Gasteiger partial charge in [0.15, 0.2) is 0 Å². The normalized spacial score (nSPS) is 11.6. The minimum absolute atomic E-state index is 0.